The lowest BCUT2D eigenvalue weighted by Gasteiger charge is -2.29. The Morgan fingerprint density at radius 3 is 2.57 bits per heavy atom. The van der Waals surface area contributed by atoms with Crippen LogP contribution in [0.15, 0.2) is 4.52 Å². The predicted molar refractivity (Wildman–Crippen MR) is 76.8 cm³/mol. The van der Waals surface area contributed by atoms with E-state index in [1.807, 2.05) is 6.92 Å². The number of nitrogens with zero attached hydrogens (tertiary/aromatic N) is 3. The molecule has 1 aromatic heterocycles. The zero-order valence-electron chi connectivity index (χ0n) is 12.8. The molecule has 0 unspecified atom stereocenters. The second kappa shape index (κ2) is 6.71. The van der Waals surface area contributed by atoms with E-state index in [-0.39, 0.29) is 24.8 Å². The van der Waals surface area contributed by atoms with Gasteiger partial charge in [-0.05, 0) is 13.8 Å². The lowest BCUT2D eigenvalue weighted by molar-refractivity contribution is -0.139. The summed E-state index contributed by atoms with van der Waals surface area (Å²) >= 11 is 0. The molecule has 0 saturated carbocycles. The van der Waals surface area contributed by atoms with Crippen LogP contribution >= 0.6 is 0 Å². The van der Waals surface area contributed by atoms with Crippen LogP contribution in [0.5, 0.6) is 0 Å². The van der Waals surface area contributed by atoms with Gasteiger partial charge in [-0.3, -0.25) is 9.59 Å². The molecule has 2 rings (SSSR count). The molecule has 1 aliphatic rings. The maximum absolute atomic E-state index is 12.2. The molecule has 7 nitrogen and oxygen atoms in total. The second-order valence-electron chi connectivity index (χ2n) is 5.36. The molecule has 0 spiro atoms. The topological polar surface area (TPSA) is 78.7 Å². The summed E-state index contributed by atoms with van der Waals surface area (Å²) in [4.78, 5) is 27.6. The van der Waals surface area contributed by atoms with Crippen LogP contribution in [0.25, 0.3) is 0 Å². The largest absolute Gasteiger partial charge is 0.361 e. The van der Waals surface area contributed by atoms with Gasteiger partial charge in [0.25, 0.3) is 0 Å². The van der Waals surface area contributed by atoms with Crippen LogP contribution in [0.3, 0.4) is 0 Å². The number of carbonyl (C=O) groups excluding carboxylic acids is 2. The van der Waals surface area contributed by atoms with Crippen LogP contribution in [0.2, 0.25) is 0 Å². The molecule has 1 saturated heterocycles. The highest BCUT2D eigenvalue weighted by Crippen LogP contribution is 2.13. The number of aryl methyl sites for hydroxylation is 2. The highest BCUT2D eigenvalue weighted by atomic mass is 16.5. The van der Waals surface area contributed by atoms with Gasteiger partial charge in [-0.25, -0.2) is 0 Å². The predicted octanol–water partition coefficient (Wildman–Crippen LogP) is -0.276. The van der Waals surface area contributed by atoms with E-state index >= 15 is 0 Å². The third kappa shape index (κ3) is 3.81. The van der Waals surface area contributed by atoms with E-state index in [0.29, 0.717) is 18.8 Å². The minimum absolute atomic E-state index is 0.00823. The minimum Gasteiger partial charge on any atom is -0.361 e. The van der Waals surface area contributed by atoms with Crippen molar-refractivity contribution in [3.8, 4) is 0 Å². The summed E-state index contributed by atoms with van der Waals surface area (Å²) in [6.45, 7) is 6.72. The van der Waals surface area contributed by atoms with E-state index in [0.717, 1.165) is 24.3 Å². The van der Waals surface area contributed by atoms with Gasteiger partial charge in [-0.1, -0.05) is 5.16 Å². The number of aromatic nitrogens is 1. The van der Waals surface area contributed by atoms with Crippen molar-refractivity contribution in [3.63, 3.8) is 0 Å². The highest BCUT2D eigenvalue weighted by Gasteiger charge is 2.21. The molecule has 116 valence electrons. The monoisotopic (exact) mass is 294 g/mol. The molecule has 1 N–H and O–H groups in total. The lowest BCUT2D eigenvalue weighted by Crippen LogP contribution is -2.49. The summed E-state index contributed by atoms with van der Waals surface area (Å²) in [5.41, 5.74) is 1.53. The van der Waals surface area contributed by atoms with Crippen molar-refractivity contribution >= 4 is 11.8 Å². The van der Waals surface area contributed by atoms with E-state index in [1.165, 1.54) is 4.90 Å². The van der Waals surface area contributed by atoms with Crippen molar-refractivity contribution in [2.75, 3.05) is 39.8 Å². The molecule has 1 fully saturated rings. The van der Waals surface area contributed by atoms with Crippen LogP contribution in [-0.4, -0.2) is 66.5 Å². The summed E-state index contributed by atoms with van der Waals surface area (Å²) in [6.07, 6.45) is 0.215. The van der Waals surface area contributed by atoms with Gasteiger partial charge in [0.2, 0.25) is 11.8 Å². The van der Waals surface area contributed by atoms with E-state index < -0.39 is 0 Å². The summed E-state index contributed by atoms with van der Waals surface area (Å²) < 4.78 is 5.05. The van der Waals surface area contributed by atoms with Crippen molar-refractivity contribution in [3.05, 3.63) is 17.0 Å². The van der Waals surface area contributed by atoms with Crippen molar-refractivity contribution < 1.29 is 14.1 Å². The molecule has 0 atom stereocenters. The summed E-state index contributed by atoms with van der Waals surface area (Å²) in [7, 11) is 1.65. The Bertz CT molecular complexity index is 501. The molecule has 2 heterocycles. The molecule has 0 radical (unpaired) electrons. The number of hydrogen-bond acceptors (Lipinski definition) is 5. The fourth-order valence-corrected chi connectivity index (χ4v) is 2.35. The Kier molecular flexibility index (Phi) is 4.95. The highest BCUT2D eigenvalue weighted by molar-refractivity contribution is 5.85. The minimum atomic E-state index is -0.104. The Balaban J connectivity index is 1.89. The zero-order chi connectivity index (χ0) is 15.4. The van der Waals surface area contributed by atoms with Gasteiger partial charge in [-0.15, -0.1) is 0 Å². The molecule has 1 aromatic rings. The third-order valence-corrected chi connectivity index (χ3v) is 3.78. The smallest absolute Gasteiger partial charge is 0.242 e. The molecule has 0 aromatic carbocycles. The maximum atomic E-state index is 12.2. The molecule has 7 heteroatoms. The average Bonchev–Trinajstić information content (AvgIpc) is 2.79. The first-order valence-corrected chi connectivity index (χ1v) is 7.13. The average molecular weight is 294 g/mol. The molecular weight excluding hydrogens is 272 g/mol. The molecule has 21 heavy (non-hydrogen) atoms. The third-order valence-electron chi connectivity index (χ3n) is 3.78. The van der Waals surface area contributed by atoms with Gasteiger partial charge in [0.1, 0.15) is 5.76 Å². The van der Waals surface area contributed by atoms with Crippen molar-refractivity contribution in [2.45, 2.75) is 20.3 Å². The van der Waals surface area contributed by atoms with E-state index in [2.05, 4.69) is 10.5 Å². The number of hydrogen-bond donors (Lipinski definition) is 1. The van der Waals surface area contributed by atoms with Crippen LogP contribution < -0.4 is 5.32 Å². The fraction of sp³-hybridized carbons (Fsp3) is 0.643. The Labute approximate surface area is 124 Å². The van der Waals surface area contributed by atoms with Gasteiger partial charge >= 0.3 is 0 Å². The quantitative estimate of drug-likeness (QED) is 0.826. The SMILES string of the molecule is Cc1noc(C)c1CC(=O)N(C)CC(=O)N1CCNCC1. The Hall–Kier alpha value is -1.89. The van der Waals surface area contributed by atoms with Crippen LogP contribution in [-0.2, 0) is 16.0 Å². The molecular formula is C14H22N4O3. The molecule has 0 aliphatic carbocycles. The number of rotatable bonds is 4. The number of nitrogens with one attached hydrogen (secondary N) is 1. The Morgan fingerprint density at radius 1 is 1.33 bits per heavy atom. The van der Waals surface area contributed by atoms with Crippen molar-refractivity contribution in [1.29, 1.82) is 0 Å². The van der Waals surface area contributed by atoms with Gasteiger partial charge in [0, 0.05) is 38.8 Å². The van der Waals surface area contributed by atoms with E-state index in [9.17, 15) is 9.59 Å². The summed E-state index contributed by atoms with van der Waals surface area (Å²) in [5, 5.41) is 7.03. The molecule has 1 aliphatic heterocycles. The van der Waals surface area contributed by atoms with Crippen LogP contribution in [0.1, 0.15) is 17.0 Å². The molecule has 0 bridgehead atoms. The Morgan fingerprint density at radius 2 is 2.00 bits per heavy atom. The van der Waals surface area contributed by atoms with Gasteiger partial charge in [0.15, 0.2) is 0 Å². The van der Waals surface area contributed by atoms with Crippen molar-refractivity contribution in [2.24, 2.45) is 0 Å². The number of piperazine rings is 1. The van der Waals surface area contributed by atoms with E-state index in [4.69, 9.17) is 4.52 Å². The fourth-order valence-electron chi connectivity index (χ4n) is 2.35. The van der Waals surface area contributed by atoms with Gasteiger partial charge in [-0.2, -0.15) is 0 Å². The number of amides is 2. The van der Waals surface area contributed by atoms with Crippen molar-refractivity contribution in [1.82, 2.24) is 20.3 Å². The van der Waals surface area contributed by atoms with E-state index in [1.54, 1.807) is 18.9 Å². The van der Waals surface area contributed by atoms with Crippen LogP contribution in [0, 0.1) is 13.8 Å². The standard InChI is InChI=1S/C14H22N4O3/c1-10-12(11(2)21-16-10)8-13(19)17(3)9-14(20)18-6-4-15-5-7-18/h15H,4-9H2,1-3H3. The van der Waals surface area contributed by atoms with Gasteiger partial charge in [0.05, 0.1) is 18.7 Å². The number of likely N-dealkylation sites (N-methyl/N-ethyl adjacent to an activating group) is 1. The first kappa shape index (κ1) is 15.5. The summed E-state index contributed by atoms with van der Waals surface area (Å²) in [6, 6.07) is 0. The first-order chi connectivity index (χ1) is 9.99. The summed E-state index contributed by atoms with van der Waals surface area (Å²) in [5.74, 6) is 0.543. The maximum Gasteiger partial charge on any atom is 0.242 e. The lowest BCUT2D eigenvalue weighted by atomic mass is 10.1. The van der Waals surface area contributed by atoms with Gasteiger partial charge < -0.3 is 19.6 Å². The number of carbonyl (C=O) groups is 2. The molecule has 2 amide bonds. The van der Waals surface area contributed by atoms with Crippen LogP contribution in [0.4, 0.5) is 0 Å². The first-order valence-electron chi connectivity index (χ1n) is 7.13. The zero-order valence-corrected chi connectivity index (χ0v) is 12.8. The second-order valence-corrected chi connectivity index (χ2v) is 5.36. The normalized spacial score (nSPS) is 15.1.